The molecule has 0 saturated carbocycles. The van der Waals surface area contributed by atoms with Crippen LogP contribution in [0.5, 0.6) is 0 Å². The van der Waals surface area contributed by atoms with Crippen LogP contribution < -0.4 is 10.6 Å². The number of hydrogen-bond acceptors (Lipinski definition) is 3. The molecule has 1 aromatic carbocycles. The lowest BCUT2D eigenvalue weighted by Gasteiger charge is -2.26. The molecule has 4 nitrogen and oxygen atoms in total. The number of carbonyl (C=O) groups excluding carboxylic acids is 1. The highest BCUT2D eigenvalue weighted by Crippen LogP contribution is 2.15. The van der Waals surface area contributed by atoms with Crippen molar-refractivity contribution in [3.63, 3.8) is 0 Å². The topological polar surface area (TPSA) is 61.4 Å². The second-order valence-electron chi connectivity index (χ2n) is 4.14. The number of halogens is 2. The fourth-order valence-corrected chi connectivity index (χ4v) is 1.67. The molecule has 1 atom stereocenters. The van der Waals surface area contributed by atoms with Gasteiger partial charge in [0.1, 0.15) is 5.82 Å². The number of amides is 1. The van der Waals surface area contributed by atoms with Crippen LogP contribution >= 0.6 is 12.4 Å². The van der Waals surface area contributed by atoms with Crippen molar-refractivity contribution >= 4 is 18.3 Å². The maximum Gasteiger partial charge on any atom is 0.225 e. The molecule has 0 aromatic heterocycles. The summed E-state index contributed by atoms with van der Waals surface area (Å²) in [6.07, 6.45) is -1.01. The molecule has 100 valence electrons. The summed E-state index contributed by atoms with van der Waals surface area (Å²) in [7, 11) is 0. The number of aliphatic hydroxyl groups excluding tert-OH is 1. The number of hydrogen-bond donors (Lipinski definition) is 3. The molecule has 2 rings (SSSR count). The number of rotatable bonds is 4. The highest BCUT2D eigenvalue weighted by Gasteiger charge is 2.25. The van der Waals surface area contributed by atoms with Gasteiger partial charge in [-0.25, -0.2) is 4.39 Å². The van der Waals surface area contributed by atoms with Gasteiger partial charge < -0.3 is 15.7 Å². The molecular weight excluding hydrogens is 259 g/mol. The lowest BCUT2D eigenvalue weighted by atomic mass is 10.0. The summed E-state index contributed by atoms with van der Waals surface area (Å²) in [5, 5.41) is 15.4. The van der Waals surface area contributed by atoms with Gasteiger partial charge in [0.2, 0.25) is 5.91 Å². The van der Waals surface area contributed by atoms with Crippen LogP contribution in [-0.4, -0.2) is 30.6 Å². The molecule has 1 aliphatic heterocycles. The molecule has 0 radical (unpaired) electrons. The molecule has 1 aromatic rings. The van der Waals surface area contributed by atoms with E-state index < -0.39 is 11.9 Å². The normalized spacial score (nSPS) is 16.3. The van der Waals surface area contributed by atoms with Crippen LogP contribution in [0.3, 0.4) is 0 Å². The average Bonchev–Trinajstić information content (AvgIpc) is 2.24. The SMILES string of the molecule is Cl.O=C(NCC(O)c1ccccc1F)C1CNC1. The summed E-state index contributed by atoms with van der Waals surface area (Å²) >= 11 is 0. The van der Waals surface area contributed by atoms with Crippen LogP contribution in [0, 0.1) is 11.7 Å². The van der Waals surface area contributed by atoms with Crippen molar-refractivity contribution in [1.29, 1.82) is 0 Å². The van der Waals surface area contributed by atoms with Crippen molar-refractivity contribution in [2.24, 2.45) is 5.92 Å². The third-order valence-electron chi connectivity index (χ3n) is 2.89. The van der Waals surface area contributed by atoms with Gasteiger partial charge in [0.05, 0.1) is 12.0 Å². The van der Waals surface area contributed by atoms with E-state index in [1.165, 1.54) is 12.1 Å². The fraction of sp³-hybridized carbons (Fsp3) is 0.417. The molecule has 1 heterocycles. The zero-order valence-electron chi connectivity index (χ0n) is 9.73. The Morgan fingerprint density at radius 1 is 1.50 bits per heavy atom. The summed E-state index contributed by atoms with van der Waals surface area (Å²) in [4.78, 5) is 11.5. The number of nitrogens with one attached hydrogen (secondary N) is 2. The molecule has 1 saturated heterocycles. The zero-order chi connectivity index (χ0) is 12.3. The van der Waals surface area contributed by atoms with E-state index in [9.17, 15) is 14.3 Å². The lowest BCUT2D eigenvalue weighted by molar-refractivity contribution is -0.126. The first-order valence-electron chi connectivity index (χ1n) is 5.59. The van der Waals surface area contributed by atoms with Crippen LogP contribution in [0.25, 0.3) is 0 Å². The smallest absolute Gasteiger partial charge is 0.225 e. The monoisotopic (exact) mass is 274 g/mol. The summed E-state index contributed by atoms with van der Waals surface area (Å²) in [5.74, 6) is -0.582. The Hall–Kier alpha value is -1.17. The minimum absolute atomic E-state index is 0. The van der Waals surface area contributed by atoms with Crippen molar-refractivity contribution in [2.45, 2.75) is 6.10 Å². The van der Waals surface area contributed by atoms with Crippen LogP contribution in [0.15, 0.2) is 24.3 Å². The number of benzene rings is 1. The Balaban J connectivity index is 0.00000162. The van der Waals surface area contributed by atoms with Crippen molar-refractivity contribution in [1.82, 2.24) is 10.6 Å². The molecule has 0 aliphatic carbocycles. The minimum atomic E-state index is -1.01. The van der Waals surface area contributed by atoms with Gasteiger partial charge >= 0.3 is 0 Å². The highest BCUT2D eigenvalue weighted by molar-refractivity contribution is 5.85. The predicted octanol–water partition coefficient (Wildman–Crippen LogP) is 0.616. The molecule has 6 heteroatoms. The third-order valence-corrected chi connectivity index (χ3v) is 2.89. The zero-order valence-corrected chi connectivity index (χ0v) is 10.5. The highest BCUT2D eigenvalue weighted by atomic mass is 35.5. The quantitative estimate of drug-likeness (QED) is 0.754. The molecule has 0 spiro atoms. The maximum atomic E-state index is 13.3. The van der Waals surface area contributed by atoms with Crippen molar-refractivity contribution in [2.75, 3.05) is 19.6 Å². The summed E-state index contributed by atoms with van der Waals surface area (Å²) in [6, 6.07) is 6.01. The van der Waals surface area contributed by atoms with E-state index in [-0.39, 0.29) is 36.3 Å². The van der Waals surface area contributed by atoms with E-state index in [0.29, 0.717) is 13.1 Å². The number of carbonyl (C=O) groups is 1. The van der Waals surface area contributed by atoms with Crippen LogP contribution in [0.2, 0.25) is 0 Å². The molecule has 1 aliphatic rings. The van der Waals surface area contributed by atoms with Gasteiger partial charge in [0, 0.05) is 25.2 Å². The lowest BCUT2D eigenvalue weighted by Crippen LogP contribution is -2.51. The first kappa shape index (κ1) is 14.9. The van der Waals surface area contributed by atoms with E-state index >= 15 is 0 Å². The van der Waals surface area contributed by atoms with E-state index in [1.54, 1.807) is 12.1 Å². The number of aliphatic hydroxyl groups is 1. The van der Waals surface area contributed by atoms with Crippen LogP contribution in [-0.2, 0) is 4.79 Å². The Morgan fingerprint density at radius 3 is 2.72 bits per heavy atom. The van der Waals surface area contributed by atoms with E-state index in [1.807, 2.05) is 0 Å². The molecule has 0 bridgehead atoms. The van der Waals surface area contributed by atoms with Gasteiger partial charge in [-0.2, -0.15) is 0 Å². The van der Waals surface area contributed by atoms with Gasteiger partial charge in [-0.05, 0) is 6.07 Å². The molecule has 1 fully saturated rings. The summed E-state index contributed by atoms with van der Waals surface area (Å²) < 4.78 is 13.3. The Morgan fingerprint density at radius 2 is 2.17 bits per heavy atom. The standard InChI is InChI=1S/C12H15FN2O2.ClH/c13-10-4-2-1-3-9(10)11(16)7-15-12(17)8-5-14-6-8;/h1-4,8,11,14,16H,5-7H2,(H,15,17);1H. The van der Waals surface area contributed by atoms with E-state index in [4.69, 9.17) is 0 Å². The molecule has 1 unspecified atom stereocenters. The van der Waals surface area contributed by atoms with Gasteiger partial charge in [0.25, 0.3) is 0 Å². The van der Waals surface area contributed by atoms with E-state index in [2.05, 4.69) is 10.6 Å². The van der Waals surface area contributed by atoms with Gasteiger partial charge in [0.15, 0.2) is 0 Å². The Bertz CT molecular complexity index is 413. The molecule has 1 amide bonds. The van der Waals surface area contributed by atoms with Crippen molar-refractivity contribution in [3.8, 4) is 0 Å². The third kappa shape index (κ3) is 3.41. The van der Waals surface area contributed by atoms with Crippen LogP contribution in [0.1, 0.15) is 11.7 Å². The maximum absolute atomic E-state index is 13.3. The largest absolute Gasteiger partial charge is 0.386 e. The summed E-state index contributed by atoms with van der Waals surface area (Å²) in [6.45, 7) is 1.37. The van der Waals surface area contributed by atoms with Gasteiger partial charge in [-0.3, -0.25) is 4.79 Å². The summed E-state index contributed by atoms with van der Waals surface area (Å²) in [5.41, 5.74) is 0.208. The van der Waals surface area contributed by atoms with Crippen LogP contribution in [0.4, 0.5) is 4.39 Å². The minimum Gasteiger partial charge on any atom is -0.386 e. The van der Waals surface area contributed by atoms with E-state index in [0.717, 1.165) is 0 Å². The van der Waals surface area contributed by atoms with Crippen molar-refractivity contribution < 1.29 is 14.3 Å². The average molecular weight is 275 g/mol. The van der Waals surface area contributed by atoms with Gasteiger partial charge in [-0.15, -0.1) is 12.4 Å². The molecule has 3 N–H and O–H groups in total. The predicted molar refractivity (Wildman–Crippen MR) is 68.0 cm³/mol. The van der Waals surface area contributed by atoms with Crippen molar-refractivity contribution in [3.05, 3.63) is 35.6 Å². The first-order chi connectivity index (χ1) is 8.18. The second kappa shape index (κ2) is 6.68. The van der Waals surface area contributed by atoms with Gasteiger partial charge in [-0.1, -0.05) is 18.2 Å². The second-order valence-corrected chi connectivity index (χ2v) is 4.14. The first-order valence-corrected chi connectivity index (χ1v) is 5.59. The molecular formula is C12H16ClFN2O2. The Kier molecular flexibility index (Phi) is 5.53. The Labute approximate surface area is 111 Å². The molecule has 18 heavy (non-hydrogen) atoms. The fourth-order valence-electron chi connectivity index (χ4n) is 1.67.